The highest BCUT2D eigenvalue weighted by Gasteiger charge is 2.27. The average molecular weight is 390 g/mol. The maximum Gasteiger partial charge on any atom is 0.256 e. The number of halogens is 2. The smallest absolute Gasteiger partial charge is 0.256 e. The zero-order valence-corrected chi connectivity index (χ0v) is 15.5. The molecule has 2 amide bonds. The first-order chi connectivity index (χ1) is 13.0. The second-order valence-electron chi connectivity index (χ2n) is 6.52. The van der Waals surface area contributed by atoms with Crippen molar-refractivity contribution in [2.45, 2.75) is 12.5 Å². The van der Waals surface area contributed by atoms with Crippen molar-refractivity contribution in [3.8, 4) is 0 Å². The summed E-state index contributed by atoms with van der Waals surface area (Å²) in [5.41, 5.74) is 7.02. The Morgan fingerprint density at radius 2 is 1.67 bits per heavy atom. The second-order valence-corrected chi connectivity index (χ2v) is 6.95. The summed E-state index contributed by atoms with van der Waals surface area (Å²) in [6, 6.07) is 13.1. The molecule has 1 aliphatic heterocycles. The zero-order chi connectivity index (χ0) is 19.4. The minimum Gasteiger partial charge on any atom is -0.339 e. The maximum atomic E-state index is 14.0. The molecule has 0 radical (unpaired) electrons. The van der Waals surface area contributed by atoms with E-state index in [2.05, 4.69) is 0 Å². The number of rotatable bonds is 4. The van der Waals surface area contributed by atoms with E-state index in [1.54, 1.807) is 9.80 Å². The highest BCUT2D eigenvalue weighted by atomic mass is 35.5. The van der Waals surface area contributed by atoms with Crippen LogP contribution >= 0.6 is 11.6 Å². The number of hydrogen-bond acceptors (Lipinski definition) is 3. The van der Waals surface area contributed by atoms with Crippen LogP contribution in [0.25, 0.3) is 0 Å². The summed E-state index contributed by atoms with van der Waals surface area (Å²) in [4.78, 5) is 28.2. The largest absolute Gasteiger partial charge is 0.339 e. The van der Waals surface area contributed by atoms with E-state index in [1.807, 2.05) is 30.3 Å². The number of carbonyl (C=O) groups is 2. The summed E-state index contributed by atoms with van der Waals surface area (Å²) >= 11 is 5.73. The third-order valence-electron chi connectivity index (χ3n) is 4.70. The summed E-state index contributed by atoms with van der Waals surface area (Å²) in [5, 5.41) is 0.245. The van der Waals surface area contributed by atoms with E-state index in [1.165, 1.54) is 12.1 Å². The summed E-state index contributed by atoms with van der Waals surface area (Å²) in [7, 11) is 0. The van der Waals surface area contributed by atoms with Crippen LogP contribution < -0.4 is 5.73 Å². The third-order valence-corrected chi connectivity index (χ3v) is 4.94. The second kappa shape index (κ2) is 8.50. The first-order valence-electron chi connectivity index (χ1n) is 8.78. The number of carbonyl (C=O) groups excluding carboxylic acids is 2. The van der Waals surface area contributed by atoms with Gasteiger partial charge >= 0.3 is 0 Å². The minimum atomic E-state index is -0.639. The van der Waals surface area contributed by atoms with Gasteiger partial charge in [0, 0.05) is 43.7 Å². The van der Waals surface area contributed by atoms with E-state index in [0.717, 1.165) is 11.6 Å². The van der Waals surface area contributed by atoms with Crippen molar-refractivity contribution < 1.29 is 14.0 Å². The van der Waals surface area contributed by atoms with Gasteiger partial charge in [0.2, 0.25) is 5.91 Å². The topological polar surface area (TPSA) is 66.6 Å². The van der Waals surface area contributed by atoms with Crippen LogP contribution in [0.5, 0.6) is 0 Å². The van der Waals surface area contributed by atoms with E-state index >= 15 is 0 Å². The van der Waals surface area contributed by atoms with Crippen molar-refractivity contribution in [1.82, 2.24) is 9.80 Å². The van der Waals surface area contributed by atoms with Gasteiger partial charge in [0.25, 0.3) is 5.91 Å². The van der Waals surface area contributed by atoms with Crippen LogP contribution in [0.4, 0.5) is 4.39 Å². The number of benzene rings is 2. The predicted octanol–water partition coefficient (Wildman–Crippen LogP) is 2.85. The lowest BCUT2D eigenvalue weighted by atomic mass is 10.0. The fourth-order valence-electron chi connectivity index (χ4n) is 3.13. The molecule has 0 spiro atoms. The molecule has 1 unspecified atom stereocenters. The molecule has 0 aromatic heterocycles. The van der Waals surface area contributed by atoms with Crippen molar-refractivity contribution in [1.29, 1.82) is 0 Å². The number of hydrogen-bond donors (Lipinski definition) is 1. The number of piperazine rings is 1. The van der Waals surface area contributed by atoms with Gasteiger partial charge in [0.15, 0.2) is 0 Å². The Morgan fingerprint density at radius 1 is 1.04 bits per heavy atom. The van der Waals surface area contributed by atoms with E-state index < -0.39 is 11.7 Å². The molecule has 2 aromatic carbocycles. The molecule has 27 heavy (non-hydrogen) atoms. The normalized spacial score (nSPS) is 15.5. The van der Waals surface area contributed by atoms with Crippen molar-refractivity contribution in [2.24, 2.45) is 5.73 Å². The van der Waals surface area contributed by atoms with Gasteiger partial charge in [-0.15, -0.1) is 0 Å². The van der Waals surface area contributed by atoms with Gasteiger partial charge < -0.3 is 15.5 Å². The SMILES string of the molecule is NC(CC(=O)N1CCN(C(=O)c2ccc(Cl)cc2F)CC1)c1ccccc1. The molecule has 1 aliphatic rings. The highest BCUT2D eigenvalue weighted by Crippen LogP contribution is 2.19. The summed E-state index contributed by atoms with van der Waals surface area (Å²) in [6.45, 7) is 1.52. The number of nitrogens with two attached hydrogens (primary N) is 1. The molecule has 1 saturated heterocycles. The molecule has 0 saturated carbocycles. The molecule has 7 heteroatoms. The monoisotopic (exact) mass is 389 g/mol. The molecule has 142 valence electrons. The summed E-state index contributed by atoms with van der Waals surface area (Å²) < 4.78 is 14.0. The van der Waals surface area contributed by atoms with Crippen molar-refractivity contribution in [3.05, 3.63) is 70.5 Å². The average Bonchev–Trinajstić information content (AvgIpc) is 2.68. The molecule has 2 N–H and O–H groups in total. The van der Waals surface area contributed by atoms with Crippen LogP contribution in [0, 0.1) is 5.82 Å². The predicted molar refractivity (Wildman–Crippen MR) is 102 cm³/mol. The fraction of sp³-hybridized carbons (Fsp3) is 0.300. The van der Waals surface area contributed by atoms with Gasteiger partial charge in [-0.05, 0) is 23.8 Å². The van der Waals surface area contributed by atoms with Crippen LogP contribution in [0.1, 0.15) is 28.4 Å². The number of nitrogens with zero attached hydrogens (tertiary/aromatic N) is 2. The van der Waals surface area contributed by atoms with Crippen molar-refractivity contribution >= 4 is 23.4 Å². The molecule has 2 aromatic rings. The van der Waals surface area contributed by atoms with E-state index in [4.69, 9.17) is 17.3 Å². The Kier molecular flexibility index (Phi) is 6.08. The van der Waals surface area contributed by atoms with Crippen LogP contribution in [0.2, 0.25) is 5.02 Å². The van der Waals surface area contributed by atoms with Crippen LogP contribution in [0.3, 0.4) is 0 Å². The maximum absolute atomic E-state index is 14.0. The molecule has 1 heterocycles. The van der Waals surface area contributed by atoms with Crippen LogP contribution in [-0.4, -0.2) is 47.8 Å². The Morgan fingerprint density at radius 3 is 2.30 bits per heavy atom. The third kappa shape index (κ3) is 4.64. The Hall–Kier alpha value is -2.44. The van der Waals surface area contributed by atoms with E-state index in [-0.39, 0.29) is 29.0 Å². The molecule has 1 fully saturated rings. The van der Waals surface area contributed by atoms with Gasteiger partial charge in [-0.2, -0.15) is 0 Å². The van der Waals surface area contributed by atoms with Gasteiger partial charge in [-0.3, -0.25) is 9.59 Å². The molecular weight excluding hydrogens is 369 g/mol. The van der Waals surface area contributed by atoms with Gasteiger partial charge in [0.05, 0.1) is 5.56 Å². The summed E-state index contributed by atoms with van der Waals surface area (Å²) in [6.07, 6.45) is 0.212. The standard InChI is InChI=1S/C20H21ClFN3O2/c21-15-6-7-16(17(22)12-15)20(27)25-10-8-24(9-11-25)19(26)13-18(23)14-4-2-1-3-5-14/h1-7,12,18H,8-11,13,23H2. The van der Waals surface area contributed by atoms with E-state index in [0.29, 0.717) is 26.2 Å². The minimum absolute atomic E-state index is 0.00900. The number of amides is 2. The lowest BCUT2D eigenvalue weighted by Gasteiger charge is -2.35. The lowest BCUT2D eigenvalue weighted by Crippen LogP contribution is -2.51. The van der Waals surface area contributed by atoms with Crippen molar-refractivity contribution in [2.75, 3.05) is 26.2 Å². The van der Waals surface area contributed by atoms with Crippen molar-refractivity contribution in [3.63, 3.8) is 0 Å². The first kappa shape index (κ1) is 19.3. The molecule has 3 rings (SSSR count). The zero-order valence-electron chi connectivity index (χ0n) is 14.8. The highest BCUT2D eigenvalue weighted by molar-refractivity contribution is 6.30. The Labute approximate surface area is 162 Å². The molecule has 0 aliphatic carbocycles. The van der Waals surface area contributed by atoms with Gasteiger partial charge in [-0.1, -0.05) is 41.9 Å². The Bertz CT molecular complexity index is 823. The molecule has 0 bridgehead atoms. The Balaban J connectivity index is 1.55. The summed E-state index contributed by atoms with van der Waals surface area (Å²) in [5.74, 6) is -1.08. The quantitative estimate of drug-likeness (QED) is 0.874. The molecular formula is C20H21ClFN3O2. The van der Waals surface area contributed by atoms with Crippen LogP contribution in [-0.2, 0) is 4.79 Å². The molecule has 5 nitrogen and oxygen atoms in total. The van der Waals surface area contributed by atoms with Gasteiger partial charge in [0.1, 0.15) is 5.82 Å². The van der Waals surface area contributed by atoms with E-state index in [9.17, 15) is 14.0 Å². The van der Waals surface area contributed by atoms with Crippen LogP contribution in [0.15, 0.2) is 48.5 Å². The molecule has 1 atom stereocenters. The lowest BCUT2D eigenvalue weighted by molar-refractivity contribution is -0.133. The van der Waals surface area contributed by atoms with Gasteiger partial charge in [-0.25, -0.2) is 4.39 Å². The first-order valence-corrected chi connectivity index (χ1v) is 9.16. The fourth-order valence-corrected chi connectivity index (χ4v) is 3.29.